The van der Waals surface area contributed by atoms with Crippen LogP contribution in [0.2, 0.25) is 0 Å². The van der Waals surface area contributed by atoms with Gasteiger partial charge in [-0.25, -0.2) is 4.99 Å². The number of likely N-dealkylation sites (tertiary alicyclic amines) is 1. The number of rotatable bonds is 9. The molecule has 3 rings (SSSR count). The van der Waals surface area contributed by atoms with Crippen LogP contribution in [-0.4, -0.2) is 63.4 Å². The van der Waals surface area contributed by atoms with E-state index in [1.165, 1.54) is 37.9 Å². The molecule has 0 aliphatic carbocycles. The minimum atomic E-state index is 0. The van der Waals surface area contributed by atoms with Crippen LogP contribution >= 0.6 is 24.0 Å². The van der Waals surface area contributed by atoms with Gasteiger partial charge in [-0.05, 0) is 57.8 Å². The molecule has 2 N–H and O–H groups in total. The Kier molecular flexibility index (Phi) is 11.8. The summed E-state index contributed by atoms with van der Waals surface area (Å²) in [5.41, 5.74) is 2.34. The lowest BCUT2D eigenvalue weighted by Crippen LogP contribution is -2.42. The van der Waals surface area contributed by atoms with Crippen molar-refractivity contribution in [3.63, 3.8) is 0 Å². The topological polar surface area (TPSA) is 58.1 Å². The van der Waals surface area contributed by atoms with Crippen molar-refractivity contribution in [3.05, 3.63) is 29.3 Å². The number of aryl methyl sites for hydroxylation is 1. The second-order valence-corrected chi connectivity index (χ2v) is 8.18. The number of benzene rings is 1. The molecule has 0 amide bonds. The number of halogens is 1. The van der Waals surface area contributed by atoms with E-state index in [1.807, 2.05) is 0 Å². The van der Waals surface area contributed by atoms with E-state index in [0.717, 1.165) is 56.5 Å². The number of hydrogen-bond acceptors (Lipinski definition) is 4. The van der Waals surface area contributed by atoms with Gasteiger partial charge in [-0.3, -0.25) is 0 Å². The van der Waals surface area contributed by atoms with Gasteiger partial charge in [-0.1, -0.05) is 18.6 Å². The fourth-order valence-electron chi connectivity index (χ4n) is 3.87. The largest absolute Gasteiger partial charge is 0.493 e. The van der Waals surface area contributed by atoms with E-state index in [4.69, 9.17) is 14.5 Å². The van der Waals surface area contributed by atoms with Gasteiger partial charge in [0.05, 0.1) is 19.8 Å². The molecule has 0 radical (unpaired) electrons. The molecule has 2 heterocycles. The molecule has 1 unspecified atom stereocenters. The Morgan fingerprint density at radius 1 is 1.23 bits per heavy atom. The number of guanidine groups is 1. The van der Waals surface area contributed by atoms with Crippen molar-refractivity contribution >= 4 is 29.9 Å². The van der Waals surface area contributed by atoms with E-state index in [0.29, 0.717) is 19.1 Å². The Morgan fingerprint density at radius 3 is 2.80 bits per heavy atom. The van der Waals surface area contributed by atoms with Gasteiger partial charge in [-0.2, -0.15) is 0 Å². The Labute approximate surface area is 199 Å². The predicted molar refractivity (Wildman–Crippen MR) is 134 cm³/mol. The van der Waals surface area contributed by atoms with Crippen LogP contribution in [-0.2, 0) is 11.3 Å². The highest BCUT2D eigenvalue weighted by Crippen LogP contribution is 2.23. The number of ether oxygens (including phenoxy) is 2. The van der Waals surface area contributed by atoms with Crippen molar-refractivity contribution in [1.82, 2.24) is 15.5 Å². The van der Waals surface area contributed by atoms with Crippen LogP contribution in [0.5, 0.6) is 5.75 Å². The lowest BCUT2D eigenvalue weighted by Gasteiger charge is -2.26. The molecule has 1 aromatic rings. The van der Waals surface area contributed by atoms with Gasteiger partial charge < -0.3 is 25.0 Å². The zero-order chi connectivity index (χ0) is 20.3. The highest BCUT2D eigenvalue weighted by atomic mass is 127. The Hall–Kier alpha value is -1.06. The Morgan fingerprint density at radius 2 is 2.07 bits per heavy atom. The standard InChI is InChI=1S/C23H38N4O2.HI/c1-3-24-23(25-10-13-27-11-5-4-6-12-27)26-16-21-8-7-19(2)15-22(21)29-18-20-9-14-28-17-20;/h7-8,15,20H,3-6,9-14,16-18H2,1-2H3,(H2,24,25,26);1H. The highest BCUT2D eigenvalue weighted by molar-refractivity contribution is 14.0. The van der Waals surface area contributed by atoms with Crippen LogP contribution in [0.25, 0.3) is 0 Å². The first-order valence-corrected chi connectivity index (χ1v) is 11.3. The van der Waals surface area contributed by atoms with Crippen molar-refractivity contribution < 1.29 is 9.47 Å². The van der Waals surface area contributed by atoms with E-state index >= 15 is 0 Å². The first kappa shape index (κ1) is 25.2. The van der Waals surface area contributed by atoms with Crippen molar-refractivity contribution in [3.8, 4) is 5.75 Å². The first-order chi connectivity index (χ1) is 14.2. The normalized spacial score (nSPS) is 19.9. The molecule has 0 aromatic heterocycles. The third kappa shape index (κ3) is 8.59. The zero-order valence-electron chi connectivity index (χ0n) is 18.6. The SMILES string of the molecule is CCNC(=NCc1ccc(C)cc1OCC1CCOC1)NCCN1CCCCC1.I. The van der Waals surface area contributed by atoms with Crippen molar-refractivity contribution in [2.75, 3.05) is 52.5 Å². The molecule has 2 fully saturated rings. The fraction of sp³-hybridized carbons (Fsp3) is 0.696. The number of nitrogens with zero attached hydrogens (tertiary/aromatic N) is 2. The minimum absolute atomic E-state index is 0. The number of hydrogen-bond donors (Lipinski definition) is 2. The van der Waals surface area contributed by atoms with Crippen LogP contribution < -0.4 is 15.4 Å². The van der Waals surface area contributed by atoms with Crippen LogP contribution in [0.1, 0.15) is 43.7 Å². The maximum absolute atomic E-state index is 6.16. The van der Waals surface area contributed by atoms with E-state index in [2.05, 4.69) is 47.6 Å². The molecule has 0 spiro atoms. The molecule has 7 heteroatoms. The van der Waals surface area contributed by atoms with Gasteiger partial charge in [0.2, 0.25) is 0 Å². The molecular weight excluding hydrogens is 491 g/mol. The molecule has 0 bridgehead atoms. The second kappa shape index (κ2) is 14.1. The summed E-state index contributed by atoms with van der Waals surface area (Å²) < 4.78 is 11.6. The van der Waals surface area contributed by atoms with E-state index in [-0.39, 0.29) is 24.0 Å². The average Bonchev–Trinajstić information content (AvgIpc) is 3.26. The van der Waals surface area contributed by atoms with Crippen molar-refractivity contribution in [2.45, 2.75) is 46.1 Å². The predicted octanol–water partition coefficient (Wildman–Crippen LogP) is 3.57. The average molecular weight is 530 g/mol. The molecule has 6 nitrogen and oxygen atoms in total. The summed E-state index contributed by atoms with van der Waals surface area (Å²) in [5, 5.41) is 6.85. The Balaban J connectivity index is 0.00000320. The summed E-state index contributed by atoms with van der Waals surface area (Å²) in [5.74, 6) is 2.32. The molecule has 1 aromatic carbocycles. The van der Waals surface area contributed by atoms with Gasteiger partial charge in [0, 0.05) is 37.7 Å². The second-order valence-electron chi connectivity index (χ2n) is 8.18. The van der Waals surface area contributed by atoms with Crippen molar-refractivity contribution in [1.29, 1.82) is 0 Å². The maximum atomic E-state index is 6.16. The number of piperidine rings is 1. The van der Waals surface area contributed by atoms with E-state index < -0.39 is 0 Å². The lowest BCUT2D eigenvalue weighted by atomic mass is 10.1. The Bertz CT molecular complexity index is 644. The molecule has 170 valence electrons. The van der Waals surface area contributed by atoms with Gasteiger partial charge in [-0.15, -0.1) is 24.0 Å². The van der Waals surface area contributed by atoms with Crippen LogP contribution in [0.3, 0.4) is 0 Å². The maximum Gasteiger partial charge on any atom is 0.191 e. The molecule has 2 saturated heterocycles. The smallest absolute Gasteiger partial charge is 0.191 e. The summed E-state index contributed by atoms with van der Waals surface area (Å²) in [6.07, 6.45) is 5.13. The van der Waals surface area contributed by atoms with Crippen LogP contribution in [0, 0.1) is 12.8 Å². The van der Waals surface area contributed by atoms with E-state index in [1.54, 1.807) is 0 Å². The van der Waals surface area contributed by atoms with Gasteiger partial charge >= 0.3 is 0 Å². The molecule has 30 heavy (non-hydrogen) atoms. The number of nitrogens with one attached hydrogen (secondary N) is 2. The molecule has 2 aliphatic heterocycles. The highest BCUT2D eigenvalue weighted by Gasteiger charge is 2.17. The lowest BCUT2D eigenvalue weighted by molar-refractivity contribution is 0.166. The number of aliphatic imine (C=N–C) groups is 1. The molecule has 0 saturated carbocycles. The summed E-state index contributed by atoms with van der Waals surface area (Å²) >= 11 is 0. The van der Waals surface area contributed by atoms with Gasteiger partial charge in [0.15, 0.2) is 5.96 Å². The summed E-state index contributed by atoms with van der Waals surface area (Å²) in [7, 11) is 0. The summed E-state index contributed by atoms with van der Waals surface area (Å²) in [6, 6.07) is 6.39. The first-order valence-electron chi connectivity index (χ1n) is 11.3. The zero-order valence-corrected chi connectivity index (χ0v) is 21.0. The quantitative estimate of drug-likeness (QED) is 0.291. The van der Waals surface area contributed by atoms with Crippen LogP contribution in [0.4, 0.5) is 0 Å². The third-order valence-electron chi connectivity index (χ3n) is 5.64. The third-order valence-corrected chi connectivity index (χ3v) is 5.64. The molecule has 2 aliphatic rings. The monoisotopic (exact) mass is 530 g/mol. The molecular formula is C23H39IN4O2. The fourth-order valence-corrected chi connectivity index (χ4v) is 3.87. The van der Waals surface area contributed by atoms with Crippen LogP contribution in [0.15, 0.2) is 23.2 Å². The van der Waals surface area contributed by atoms with Gasteiger partial charge in [0.1, 0.15) is 5.75 Å². The van der Waals surface area contributed by atoms with Gasteiger partial charge in [0.25, 0.3) is 0 Å². The van der Waals surface area contributed by atoms with E-state index in [9.17, 15) is 0 Å². The summed E-state index contributed by atoms with van der Waals surface area (Å²) in [6.45, 7) is 12.5. The van der Waals surface area contributed by atoms with Crippen molar-refractivity contribution in [2.24, 2.45) is 10.9 Å². The minimum Gasteiger partial charge on any atom is -0.493 e. The molecule has 1 atom stereocenters. The summed E-state index contributed by atoms with van der Waals surface area (Å²) in [4.78, 5) is 7.35.